The van der Waals surface area contributed by atoms with Crippen molar-refractivity contribution >= 4 is 11.9 Å². The van der Waals surface area contributed by atoms with Crippen LogP contribution in [0.2, 0.25) is 0 Å². The lowest BCUT2D eigenvalue weighted by atomic mass is 9.80. The summed E-state index contributed by atoms with van der Waals surface area (Å²) in [5.41, 5.74) is -0.811. The van der Waals surface area contributed by atoms with Gasteiger partial charge in [0.25, 0.3) is 0 Å². The number of nitrogens with one attached hydrogen (secondary N) is 1. The fraction of sp³-hybridized carbons (Fsp3) is 0.692. The average molecular weight is 280 g/mol. The molecule has 1 aliphatic rings. The molecule has 7 nitrogen and oxygen atoms in total. The number of amides is 1. The van der Waals surface area contributed by atoms with Crippen LogP contribution in [-0.2, 0) is 16.1 Å². The minimum atomic E-state index is -0.811. The van der Waals surface area contributed by atoms with Crippen LogP contribution < -0.4 is 5.32 Å². The van der Waals surface area contributed by atoms with E-state index < -0.39 is 11.4 Å². The Morgan fingerprint density at radius 2 is 1.95 bits per heavy atom. The summed E-state index contributed by atoms with van der Waals surface area (Å²) in [6.07, 6.45) is 8.31. The van der Waals surface area contributed by atoms with Gasteiger partial charge in [0.15, 0.2) is 0 Å². The van der Waals surface area contributed by atoms with Gasteiger partial charge in [-0.1, -0.05) is 30.9 Å². The van der Waals surface area contributed by atoms with Gasteiger partial charge < -0.3 is 10.4 Å². The van der Waals surface area contributed by atoms with Crippen molar-refractivity contribution in [2.24, 2.45) is 5.41 Å². The second-order valence-corrected chi connectivity index (χ2v) is 5.38. The SMILES string of the molecule is O=C(Cn1ccnn1)NCC1(C(=O)O)CCCCCC1. The summed E-state index contributed by atoms with van der Waals surface area (Å²) >= 11 is 0. The molecule has 1 heterocycles. The lowest BCUT2D eigenvalue weighted by Gasteiger charge is -2.28. The van der Waals surface area contributed by atoms with Crippen LogP contribution in [-0.4, -0.2) is 38.5 Å². The maximum absolute atomic E-state index is 11.8. The first kappa shape index (κ1) is 14.5. The molecule has 110 valence electrons. The van der Waals surface area contributed by atoms with E-state index in [0.717, 1.165) is 25.7 Å². The van der Waals surface area contributed by atoms with Gasteiger partial charge in [-0.2, -0.15) is 0 Å². The van der Waals surface area contributed by atoms with Crippen molar-refractivity contribution in [3.8, 4) is 0 Å². The lowest BCUT2D eigenvalue weighted by Crippen LogP contribution is -2.43. The number of hydrogen-bond acceptors (Lipinski definition) is 4. The normalized spacial score (nSPS) is 18.2. The molecule has 7 heteroatoms. The summed E-state index contributed by atoms with van der Waals surface area (Å²) in [5, 5.41) is 19.6. The molecule has 1 fully saturated rings. The number of rotatable bonds is 5. The van der Waals surface area contributed by atoms with Crippen molar-refractivity contribution in [3.63, 3.8) is 0 Å². The summed E-state index contributed by atoms with van der Waals surface area (Å²) in [7, 11) is 0. The van der Waals surface area contributed by atoms with E-state index in [9.17, 15) is 14.7 Å². The Morgan fingerprint density at radius 1 is 1.25 bits per heavy atom. The summed E-state index contributed by atoms with van der Waals surface area (Å²) in [6.45, 7) is 0.256. The number of nitrogens with zero attached hydrogens (tertiary/aromatic N) is 3. The zero-order valence-electron chi connectivity index (χ0n) is 11.4. The average Bonchev–Trinajstić information content (AvgIpc) is 2.79. The maximum atomic E-state index is 11.8. The van der Waals surface area contributed by atoms with E-state index in [0.29, 0.717) is 12.8 Å². The highest BCUT2D eigenvalue weighted by molar-refractivity contribution is 5.78. The van der Waals surface area contributed by atoms with Gasteiger partial charge in [0, 0.05) is 12.7 Å². The monoisotopic (exact) mass is 280 g/mol. The first-order chi connectivity index (χ1) is 9.62. The molecule has 1 aromatic heterocycles. The molecule has 0 unspecified atom stereocenters. The standard InChI is InChI=1S/C13H20N4O3/c18-11(9-17-8-7-15-16-17)14-10-13(12(19)20)5-3-1-2-4-6-13/h7-8H,1-6,9-10H2,(H,14,18)(H,19,20). The first-order valence-corrected chi connectivity index (χ1v) is 6.97. The van der Waals surface area contributed by atoms with Crippen LogP contribution in [0.25, 0.3) is 0 Å². The molecule has 0 radical (unpaired) electrons. The zero-order valence-corrected chi connectivity index (χ0v) is 11.4. The number of carboxylic acids is 1. The van der Waals surface area contributed by atoms with Crippen LogP contribution in [0.15, 0.2) is 12.4 Å². The number of carbonyl (C=O) groups is 2. The van der Waals surface area contributed by atoms with Crippen molar-refractivity contribution in [2.75, 3.05) is 6.54 Å². The zero-order chi connectivity index (χ0) is 14.4. The summed E-state index contributed by atoms with van der Waals surface area (Å²) < 4.78 is 1.41. The topological polar surface area (TPSA) is 97.1 Å². The van der Waals surface area contributed by atoms with Crippen LogP contribution in [0.4, 0.5) is 0 Å². The van der Waals surface area contributed by atoms with E-state index in [1.807, 2.05) is 0 Å². The number of carbonyl (C=O) groups excluding carboxylic acids is 1. The minimum Gasteiger partial charge on any atom is -0.481 e. The molecule has 0 aromatic carbocycles. The smallest absolute Gasteiger partial charge is 0.311 e. The van der Waals surface area contributed by atoms with Gasteiger partial charge in [0.1, 0.15) is 6.54 Å². The highest BCUT2D eigenvalue weighted by Crippen LogP contribution is 2.34. The largest absolute Gasteiger partial charge is 0.481 e. The second kappa shape index (κ2) is 6.49. The minimum absolute atomic E-state index is 0.0652. The van der Waals surface area contributed by atoms with Crippen LogP contribution >= 0.6 is 0 Å². The van der Waals surface area contributed by atoms with E-state index in [-0.39, 0.29) is 19.0 Å². The Kier molecular flexibility index (Phi) is 4.70. The Balaban J connectivity index is 1.91. The fourth-order valence-electron chi connectivity index (χ4n) is 2.66. The fourth-order valence-corrected chi connectivity index (χ4v) is 2.66. The Hall–Kier alpha value is -1.92. The molecule has 1 aliphatic carbocycles. The van der Waals surface area contributed by atoms with Crippen molar-refractivity contribution in [2.45, 2.75) is 45.1 Å². The van der Waals surface area contributed by atoms with Gasteiger partial charge in [0.05, 0.1) is 11.6 Å². The molecule has 0 aliphatic heterocycles. The number of aromatic nitrogens is 3. The van der Waals surface area contributed by atoms with Crippen LogP contribution in [0.3, 0.4) is 0 Å². The molecule has 0 atom stereocenters. The summed E-state index contributed by atoms with van der Waals surface area (Å²) in [5.74, 6) is -1.04. The molecule has 0 spiro atoms. The van der Waals surface area contributed by atoms with Gasteiger partial charge in [-0.25, -0.2) is 4.68 Å². The number of carboxylic acid groups (broad SMARTS) is 1. The molecule has 1 aromatic rings. The van der Waals surface area contributed by atoms with Gasteiger partial charge in [-0.3, -0.25) is 9.59 Å². The van der Waals surface area contributed by atoms with E-state index in [1.54, 1.807) is 6.20 Å². The molecule has 1 amide bonds. The molecule has 0 bridgehead atoms. The van der Waals surface area contributed by atoms with Gasteiger partial charge in [0.2, 0.25) is 5.91 Å². The van der Waals surface area contributed by atoms with Gasteiger partial charge in [-0.05, 0) is 12.8 Å². The number of aliphatic carboxylic acids is 1. The summed E-state index contributed by atoms with van der Waals surface area (Å²) in [6, 6.07) is 0. The molecule has 20 heavy (non-hydrogen) atoms. The molecular weight excluding hydrogens is 260 g/mol. The third kappa shape index (κ3) is 3.55. The molecule has 0 saturated heterocycles. The maximum Gasteiger partial charge on any atom is 0.311 e. The molecule has 1 saturated carbocycles. The highest BCUT2D eigenvalue weighted by atomic mass is 16.4. The Bertz CT molecular complexity index is 450. The van der Waals surface area contributed by atoms with Crippen LogP contribution in [0, 0.1) is 5.41 Å². The van der Waals surface area contributed by atoms with Crippen LogP contribution in [0.1, 0.15) is 38.5 Å². The van der Waals surface area contributed by atoms with Crippen molar-refractivity contribution < 1.29 is 14.7 Å². The number of hydrogen-bond donors (Lipinski definition) is 2. The van der Waals surface area contributed by atoms with Gasteiger partial charge in [-0.15, -0.1) is 5.10 Å². The predicted octanol–water partition coefficient (Wildman–Crippen LogP) is 0.819. The van der Waals surface area contributed by atoms with Crippen LogP contribution in [0.5, 0.6) is 0 Å². The van der Waals surface area contributed by atoms with E-state index in [2.05, 4.69) is 15.6 Å². The summed E-state index contributed by atoms with van der Waals surface area (Å²) in [4.78, 5) is 23.4. The quantitative estimate of drug-likeness (QED) is 0.778. The molecule has 2 N–H and O–H groups in total. The molecular formula is C13H20N4O3. The highest BCUT2D eigenvalue weighted by Gasteiger charge is 2.38. The molecule has 2 rings (SSSR count). The van der Waals surface area contributed by atoms with Gasteiger partial charge >= 0.3 is 5.97 Å². The Labute approximate surface area is 117 Å². The third-order valence-corrected chi connectivity index (χ3v) is 3.92. The van der Waals surface area contributed by atoms with E-state index in [1.165, 1.54) is 10.9 Å². The predicted molar refractivity (Wildman–Crippen MR) is 70.8 cm³/mol. The van der Waals surface area contributed by atoms with Crippen molar-refractivity contribution in [3.05, 3.63) is 12.4 Å². The van der Waals surface area contributed by atoms with E-state index in [4.69, 9.17) is 0 Å². The third-order valence-electron chi connectivity index (χ3n) is 3.92. The lowest BCUT2D eigenvalue weighted by molar-refractivity contribution is -0.149. The van der Waals surface area contributed by atoms with Crippen molar-refractivity contribution in [1.29, 1.82) is 0 Å². The second-order valence-electron chi connectivity index (χ2n) is 5.38. The first-order valence-electron chi connectivity index (χ1n) is 6.97. The Morgan fingerprint density at radius 3 is 2.50 bits per heavy atom. The van der Waals surface area contributed by atoms with E-state index >= 15 is 0 Å². The van der Waals surface area contributed by atoms with Crippen molar-refractivity contribution in [1.82, 2.24) is 20.3 Å².